The average molecular weight is 249 g/mol. The Balaban J connectivity index is 1.64. The topological polar surface area (TPSA) is 25.2 Å². The van der Waals surface area contributed by atoms with Crippen LogP contribution in [-0.2, 0) is 6.42 Å². The predicted octanol–water partition coefficient (Wildman–Crippen LogP) is 4.16. The Bertz CT molecular complexity index is 307. The van der Waals surface area contributed by atoms with E-state index >= 15 is 0 Å². The molecule has 0 spiro atoms. The first-order chi connectivity index (χ1) is 8.88. The summed E-state index contributed by atoms with van der Waals surface area (Å²) in [6.07, 6.45) is 12.6. The molecule has 0 saturated heterocycles. The largest absolute Gasteiger partial charge is 0.469 e. The van der Waals surface area contributed by atoms with Crippen molar-refractivity contribution in [3.63, 3.8) is 0 Å². The Kier molecular flexibility index (Phi) is 5.79. The zero-order chi connectivity index (χ0) is 12.6. The zero-order valence-corrected chi connectivity index (χ0v) is 11.7. The van der Waals surface area contributed by atoms with Gasteiger partial charge in [-0.3, -0.25) is 0 Å². The molecule has 1 N–H and O–H groups in total. The molecule has 18 heavy (non-hydrogen) atoms. The van der Waals surface area contributed by atoms with Gasteiger partial charge in [0.1, 0.15) is 5.76 Å². The number of rotatable bonds is 6. The van der Waals surface area contributed by atoms with Gasteiger partial charge in [0, 0.05) is 19.0 Å². The molecule has 0 aliphatic heterocycles. The summed E-state index contributed by atoms with van der Waals surface area (Å²) in [5.41, 5.74) is 0. The van der Waals surface area contributed by atoms with Crippen molar-refractivity contribution < 1.29 is 4.42 Å². The second-order valence-electron chi connectivity index (χ2n) is 5.64. The quantitative estimate of drug-likeness (QED) is 0.766. The SMILES string of the molecule is CCCC1CCCC(NCCc2ccco2)CC1. The first-order valence-electron chi connectivity index (χ1n) is 7.64. The standard InChI is InChI=1S/C16H27NO/c1-2-5-14-6-3-7-15(10-9-14)17-12-11-16-8-4-13-18-16/h4,8,13-15,17H,2-3,5-7,9-12H2,1H3. The van der Waals surface area contributed by atoms with Crippen LogP contribution in [0.25, 0.3) is 0 Å². The average Bonchev–Trinajstić information content (AvgIpc) is 2.78. The van der Waals surface area contributed by atoms with E-state index in [0.29, 0.717) is 0 Å². The molecule has 2 nitrogen and oxygen atoms in total. The van der Waals surface area contributed by atoms with Crippen molar-refractivity contribution in [2.45, 2.75) is 64.3 Å². The fraction of sp³-hybridized carbons (Fsp3) is 0.750. The van der Waals surface area contributed by atoms with E-state index < -0.39 is 0 Å². The third-order valence-corrected chi connectivity index (χ3v) is 4.17. The monoisotopic (exact) mass is 249 g/mol. The molecule has 2 atom stereocenters. The minimum Gasteiger partial charge on any atom is -0.469 e. The zero-order valence-electron chi connectivity index (χ0n) is 11.7. The van der Waals surface area contributed by atoms with E-state index in [9.17, 15) is 0 Å². The van der Waals surface area contributed by atoms with E-state index in [4.69, 9.17) is 4.42 Å². The molecule has 0 radical (unpaired) electrons. The maximum Gasteiger partial charge on any atom is 0.105 e. The second-order valence-corrected chi connectivity index (χ2v) is 5.64. The summed E-state index contributed by atoms with van der Waals surface area (Å²) in [6, 6.07) is 4.77. The molecule has 102 valence electrons. The highest BCUT2D eigenvalue weighted by molar-refractivity contribution is 4.98. The van der Waals surface area contributed by atoms with Gasteiger partial charge in [-0.1, -0.05) is 32.6 Å². The molecular formula is C16H27NO. The molecular weight excluding hydrogens is 222 g/mol. The van der Waals surface area contributed by atoms with E-state index in [1.165, 1.54) is 44.9 Å². The lowest BCUT2D eigenvalue weighted by atomic mass is 9.95. The van der Waals surface area contributed by atoms with Gasteiger partial charge in [-0.05, 0) is 37.3 Å². The lowest BCUT2D eigenvalue weighted by molar-refractivity contribution is 0.407. The van der Waals surface area contributed by atoms with Crippen LogP contribution in [0.2, 0.25) is 0 Å². The van der Waals surface area contributed by atoms with E-state index in [-0.39, 0.29) is 0 Å². The van der Waals surface area contributed by atoms with Crippen LogP contribution in [0.3, 0.4) is 0 Å². The minimum absolute atomic E-state index is 0.738. The van der Waals surface area contributed by atoms with Crippen LogP contribution in [-0.4, -0.2) is 12.6 Å². The van der Waals surface area contributed by atoms with Crippen molar-refractivity contribution in [2.24, 2.45) is 5.92 Å². The van der Waals surface area contributed by atoms with Crippen LogP contribution in [0.15, 0.2) is 22.8 Å². The first-order valence-corrected chi connectivity index (χ1v) is 7.64. The molecule has 1 heterocycles. The van der Waals surface area contributed by atoms with Gasteiger partial charge in [0.2, 0.25) is 0 Å². The van der Waals surface area contributed by atoms with Crippen LogP contribution >= 0.6 is 0 Å². The lowest BCUT2D eigenvalue weighted by Crippen LogP contribution is -2.30. The van der Waals surface area contributed by atoms with Crippen LogP contribution in [0, 0.1) is 5.92 Å². The van der Waals surface area contributed by atoms with E-state index in [2.05, 4.69) is 18.3 Å². The molecule has 2 heteroatoms. The molecule has 1 aliphatic carbocycles. The fourth-order valence-electron chi connectivity index (χ4n) is 3.13. The highest BCUT2D eigenvalue weighted by Gasteiger charge is 2.17. The molecule has 1 aliphatic rings. The molecule has 1 aromatic heterocycles. The van der Waals surface area contributed by atoms with Crippen molar-refractivity contribution in [1.29, 1.82) is 0 Å². The Morgan fingerprint density at radius 2 is 2.22 bits per heavy atom. The predicted molar refractivity (Wildman–Crippen MR) is 75.7 cm³/mol. The van der Waals surface area contributed by atoms with Crippen molar-refractivity contribution >= 4 is 0 Å². The van der Waals surface area contributed by atoms with E-state index in [0.717, 1.165) is 30.7 Å². The number of hydrogen-bond acceptors (Lipinski definition) is 2. The molecule has 0 amide bonds. The molecule has 2 rings (SSSR count). The third kappa shape index (κ3) is 4.49. The Morgan fingerprint density at radius 3 is 3.00 bits per heavy atom. The van der Waals surface area contributed by atoms with E-state index in [1.54, 1.807) is 6.26 Å². The summed E-state index contributed by atoms with van der Waals surface area (Å²) in [7, 11) is 0. The van der Waals surface area contributed by atoms with Crippen molar-refractivity contribution in [3.05, 3.63) is 24.2 Å². The normalized spacial score (nSPS) is 24.9. The van der Waals surface area contributed by atoms with Crippen molar-refractivity contribution in [1.82, 2.24) is 5.32 Å². The van der Waals surface area contributed by atoms with Gasteiger partial charge in [0.25, 0.3) is 0 Å². The summed E-state index contributed by atoms with van der Waals surface area (Å²) < 4.78 is 5.36. The summed E-state index contributed by atoms with van der Waals surface area (Å²) >= 11 is 0. The highest BCUT2D eigenvalue weighted by Crippen LogP contribution is 2.26. The van der Waals surface area contributed by atoms with Crippen molar-refractivity contribution in [3.8, 4) is 0 Å². The minimum atomic E-state index is 0.738. The van der Waals surface area contributed by atoms with Crippen LogP contribution in [0.4, 0.5) is 0 Å². The van der Waals surface area contributed by atoms with Gasteiger partial charge in [0.05, 0.1) is 6.26 Å². The summed E-state index contributed by atoms with van der Waals surface area (Å²) in [5, 5.41) is 3.70. The smallest absolute Gasteiger partial charge is 0.105 e. The van der Waals surface area contributed by atoms with Gasteiger partial charge < -0.3 is 9.73 Å². The maximum absolute atomic E-state index is 5.36. The number of nitrogens with one attached hydrogen (secondary N) is 1. The second kappa shape index (κ2) is 7.63. The van der Waals surface area contributed by atoms with Gasteiger partial charge in [0.15, 0.2) is 0 Å². The van der Waals surface area contributed by atoms with Crippen LogP contribution in [0.5, 0.6) is 0 Å². The Labute approximate surface area is 111 Å². The first kappa shape index (κ1) is 13.7. The van der Waals surface area contributed by atoms with Gasteiger partial charge in [-0.25, -0.2) is 0 Å². The molecule has 0 bridgehead atoms. The summed E-state index contributed by atoms with van der Waals surface area (Å²) in [5.74, 6) is 2.09. The summed E-state index contributed by atoms with van der Waals surface area (Å²) in [6.45, 7) is 3.36. The molecule has 1 saturated carbocycles. The Hall–Kier alpha value is -0.760. The van der Waals surface area contributed by atoms with Crippen LogP contribution < -0.4 is 5.32 Å². The van der Waals surface area contributed by atoms with Crippen molar-refractivity contribution in [2.75, 3.05) is 6.54 Å². The fourth-order valence-corrected chi connectivity index (χ4v) is 3.13. The molecule has 0 aromatic carbocycles. The third-order valence-electron chi connectivity index (χ3n) is 4.17. The van der Waals surface area contributed by atoms with Crippen LogP contribution in [0.1, 0.15) is 57.6 Å². The van der Waals surface area contributed by atoms with Gasteiger partial charge in [-0.2, -0.15) is 0 Å². The Morgan fingerprint density at radius 1 is 1.28 bits per heavy atom. The van der Waals surface area contributed by atoms with Gasteiger partial charge >= 0.3 is 0 Å². The molecule has 2 unspecified atom stereocenters. The van der Waals surface area contributed by atoms with E-state index in [1.807, 2.05) is 6.07 Å². The van der Waals surface area contributed by atoms with Gasteiger partial charge in [-0.15, -0.1) is 0 Å². The lowest BCUT2D eigenvalue weighted by Gasteiger charge is -2.16. The molecule has 1 fully saturated rings. The number of furan rings is 1. The molecule has 1 aromatic rings. The number of hydrogen-bond donors (Lipinski definition) is 1. The maximum atomic E-state index is 5.36. The highest BCUT2D eigenvalue weighted by atomic mass is 16.3. The summed E-state index contributed by atoms with van der Waals surface area (Å²) in [4.78, 5) is 0.